The van der Waals surface area contributed by atoms with E-state index in [-0.39, 0.29) is 11.5 Å². The molecule has 164 valence electrons. The lowest BCUT2D eigenvalue weighted by molar-refractivity contribution is -0.117. The molecule has 2 amide bonds. The molecule has 4 rings (SSSR count). The van der Waals surface area contributed by atoms with Crippen molar-refractivity contribution in [2.24, 2.45) is 5.92 Å². The Balaban J connectivity index is 1.47. The molecule has 1 heterocycles. The molecule has 0 saturated heterocycles. The monoisotopic (exact) mass is 511 g/mol. The van der Waals surface area contributed by atoms with Gasteiger partial charge in [-0.3, -0.25) is 9.59 Å². The number of hydrogen-bond donors (Lipinski definition) is 2. The minimum atomic E-state index is -1.34. The highest BCUT2D eigenvalue weighted by molar-refractivity contribution is 6.53. The van der Waals surface area contributed by atoms with Crippen LogP contribution in [0.5, 0.6) is 0 Å². The smallest absolute Gasteiger partial charge is 0.274 e. The summed E-state index contributed by atoms with van der Waals surface area (Å²) in [5.74, 6) is -2.51. The number of nitrogens with zero attached hydrogens (tertiary/aromatic N) is 1. The normalized spacial score (nSPS) is 18.7. The van der Waals surface area contributed by atoms with E-state index in [2.05, 4.69) is 15.6 Å². The molecule has 1 aliphatic carbocycles. The zero-order valence-corrected chi connectivity index (χ0v) is 19.1. The average molecular weight is 513 g/mol. The SMILES string of the molecule is O=C(Nc1ccc(F)cc1)c1cccc(NC(=O)[C@@H]2[C@@H](c3cc(Cl)cc(Cl)c3)C2(Cl)Cl)n1. The second kappa shape index (κ2) is 8.87. The first kappa shape index (κ1) is 22.8. The summed E-state index contributed by atoms with van der Waals surface area (Å²) in [7, 11) is 0. The van der Waals surface area contributed by atoms with Gasteiger partial charge in [-0.1, -0.05) is 29.3 Å². The zero-order chi connectivity index (χ0) is 23.0. The number of anilines is 2. The van der Waals surface area contributed by atoms with Crippen molar-refractivity contribution in [1.29, 1.82) is 0 Å². The second-order valence-corrected chi connectivity index (χ2v) is 9.51. The van der Waals surface area contributed by atoms with Crippen molar-refractivity contribution in [1.82, 2.24) is 4.98 Å². The fourth-order valence-corrected chi connectivity index (χ4v) is 4.76. The van der Waals surface area contributed by atoms with Crippen molar-refractivity contribution >= 4 is 69.7 Å². The zero-order valence-electron chi connectivity index (χ0n) is 16.1. The number of aromatic nitrogens is 1. The summed E-state index contributed by atoms with van der Waals surface area (Å²) in [5, 5.41) is 6.06. The van der Waals surface area contributed by atoms with Crippen LogP contribution in [-0.2, 0) is 4.79 Å². The van der Waals surface area contributed by atoms with Gasteiger partial charge in [0.25, 0.3) is 5.91 Å². The third-order valence-corrected chi connectivity index (χ3v) is 6.29. The van der Waals surface area contributed by atoms with Crippen LogP contribution < -0.4 is 10.6 Å². The van der Waals surface area contributed by atoms with Crippen molar-refractivity contribution in [3.05, 3.63) is 87.8 Å². The van der Waals surface area contributed by atoms with Crippen molar-refractivity contribution < 1.29 is 14.0 Å². The van der Waals surface area contributed by atoms with Crippen molar-refractivity contribution in [2.45, 2.75) is 10.3 Å². The maximum Gasteiger partial charge on any atom is 0.274 e. The van der Waals surface area contributed by atoms with E-state index in [4.69, 9.17) is 46.4 Å². The Morgan fingerprint density at radius 2 is 1.59 bits per heavy atom. The standard InChI is InChI=1S/C22H14Cl4FN3O2/c23-12-8-11(9-13(24)10-12)18-19(22(18,25)26)21(32)30-17-3-1-2-16(29-17)20(31)28-15-6-4-14(27)5-7-15/h1-10,18-19H,(H,28,31)(H,29,30,32)/t18-,19+/m1/s1. The second-order valence-electron chi connectivity index (χ2n) is 7.19. The minimum Gasteiger partial charge on any atom is -0.321 e. The molecule has 0 aliphatic heterocycles. The number of alkyl halides is 2. The first-order valence-corrected chi connectivity index (χ1v) is 10.8. The summed E-state index contributed by atoms with van der Waals surface area (Å²) < 4.78 is 11.7. The van der Waals surface area contributed by atoms with Crippen molar-refractivity contribution in [2.75, 3.05) is 10.6 Å². The van der Waals surface area contributed by atoms with Gasteiger partial charge < -0.3 is 10.6 Å². The molecule has 1 aromatic heterocycles. The maximum absolute atomic E-state index is 13.0. The Morgan fingerprint density at radius 1 is 0.938 bits per heavy atom. The number of amides is 2. The predicted molar refractivity (Wildman–Crippen MR) is 124 cm³/mol. The van der Waals surface area contributed by atoms with Gasteiger partial charge in [0.05, 0.1) is 5.92 Å². The summed E-state index contributed by atoms with van der Waals surface area (Å²) >= 11 is 24.8. The first-order chi connectivity index (χ1) is 15.1. The molecule has 3 aromatic rings. The first-order valence-electron chi connectivity index (χ1n) is 9.34. The number of carbonyl (C=O) groups excluding carboxylic acids is 2. The van der Waals surface area contributed by atoms with E-state index in [0.717, 1.165) is 0 Å². The van der Waals surface area contributed by atoms with Gasteiger partial charge in [-0.2, -0.15) is 0 Å². The molecule has 1 fully saturated rings. The molecule has 2 atom stereocenters. The van der Waals surface area contributed by atoms with Gasteiger partial charge in [-0.05, 0) is 60.2 Å². The number of benzene rings is 2. The summed E-state index contributed by atoms with van der Waals surface area (Å²) in [6.45, 7) is 0. The Kier molecular flexibility index (Phi) is 6.32. The Hall–Kier alpha value is -2.38. The molecule has 0 radical (unpaired) electrons. The van der Waals surface area contributed by atoms with Gasteiger partial charge in [0, 0.05) is 21.7 Å². The Bertz CT molecular complexity index is 1180. The highest BCUT2D eigenvalue weighted by Crippen LogP contribution is 2.65. The minimum absolute atomic E-state index is 0.0594. The molecule has 10 heteroatoms. The van der Waals surface area contributed by atoms with Crippen molar-refractivity contribution in [3.63, 3.8) is 0 Å². The molecule has 1 saturated carbocycles. The lowest BCUT2D eigenvalue weighted by Gasteiger charge is -2.08. The molecule has 0 spiro atoms. The summed E-state index contributed by atoms with van der Waals surface area (Å²) in [5.41, 5.74) is 1.11. The maximum atomic E-state index is 13.0. The quantitative estimate of drug-likeness (QED) is 0.394. The van der Waals surface area contributed by atoms with Crippen LogP contribution in [0.15, 0.2) is 60.7 Å². The van der Waals surface area contributed by atoms with Crippen LogP contribution >= 0.6 is 46.4 Å². The van der Waals surface area contributed by atoms with E-state index >= 15 is 0 Å². The van der Waals surface area contributed by atoms with Crippen LogP contribution in [0.3, 0.4) is 0 Å². The van der Waals surface area contributed by atoms with E-state index in [9.17, 15) is 14.0 Å². The van der Waals surface area contributed by atoms with E-state index in [0.29, 0.717) is 21.3 Å². The average Bonchev–Trinajstić information content (AvgIpc) is 3.31. The van der Waals surface area contributed by atoms with Crippen LogP contribution in [0.1, 0.15) is 22.0 Å². The van der Waals surface area contributed by atoms with E-state index in [1.54, 1.807) is 24.3 Å². The summed E-state index contributed by atoms with van der Waals surface area (Å²) in [4.78, 5) is 29.4. The van der Waals surface area contributed by atoms with E-state index < -0.39 is 33.8 Å². The van der Waals surface area contributed by atoms with Gasteiger partial charge in [0.15, 0.2) is 0 Å². The van der Waals surface area contributed by atoms with Crippen LogP contribution in [0.25, 0.3) is 0 Å². The van der Waals surface area contributed by atoms with Gasteiger partial charge in [-0.25, -0.2) is 9.37 Å². The van der Waals surface area contributed by atoms with Crippen LogP contribution in [0.4, 0.5) is 15.9 Å². The van der Waals surface area contributed by atoms with Gasteiger partial charge >= 0.3 is 0 Å². The summed E-state index contributed by atoms with van der Waals surface area (Å²) in [6.07, 6.45) is 0. The highest BCUT2D eigenvalue weighted by Gasteiger charge is 2.67. The number of pyridine rings is 1. The van der Waals surface area contributed by atoms with Crippen LogP contribution in [-0.4, -0.2) is 21.1 Å². The lowest BCUT2D eigenvalue weighted by atomic mass is 10.1. The molecule has 0 unspecified atom stereocenters. The third-order valence-electron chi connectivity index (χ3n) is 4.92. The lowest BCUT2D eigenvalue weighted by Crippen LogP contribution is -2.19. The predicted octanol–water partition coefficient (Wildman–Crippen LogP) is 6.31. The van der Waals surface area contributed by atoms with Crippen LogP contribution in [0, 0.1) is 11.7 Å². The molecule has 1 aliphatic rings. The Labute approximate surface area is 202 Å². The van der Waals surface area contributed by atoms with Crippen molar-refractivity contribution in [3.8, 4) is 0 Å². The molecule has 32 heavy (non-hydrogen) atoms. The molecule has 0 bridgehead atoms. The fourth-order valence-electron chi connectivity index (χ4n) is 3.39. The third kappa shape index (κ3) is 4.84. The van der Waals surface area contributed by atoms with Gasteiger partial charge in [0.1, 0.15) is 21.7 Å². The summed E-state index contributed by atoms with van der Waals surface area (Å²) in [6, 6.07) is 14.8. The Morgan fingerprint density at radius 3 is 2.25 bits per heavy atom. The number of rotatable bonds is 5. The van der Waals surface area contributed by atoms with Gasteiger partial charge in [-0.15, -0.1) is 23.2 Å². The molecule has 2 N–H and O–H groups in total. The highest BCUT2D eigenvalue weighted by atomic mass is 35.5. The topological polar surface area (TPSA) is 71.1 Å². The van der Waals surface area contributed by atoms with E-state index in [1.165, 1.54) is 36.4 Å². The molecular formula is C22H14Cl4FN3O2. The molecule has 2 aromatic carbocycles. The molecule has 5 nitrogen and oxygen atoms in total. The van der Waals surface area contributed by atoms with E-state index in [1.807, 2.05) is 0 Å². The number of halogens is 5. The fraction of sp³-hybridized carbons (Fsp3) is 0.136. The number of carbonyl (C=O) groups is 2. The number of nitrogens with one attached hydrogen (secondary N) is 2. The number of hydrogen-bond acceptors (Lipinski definition) is 3. The van der Waals surface area contributed by atoms with Crippen LogP contribution in [0.2, 0.25) is 10.0 Å². The molecular weight excluding hydrogens is 499 g/mol. The van der Waals surface area contributed by atoms with Gasteiger partial charge in [0.2, 0.25) is 5.91 Å². The largest absolute Gasteiger partial charge is 0.321 e.